The van der Waals surface area contributed by atoms with Crippen LogP contribution in [0.25, 0.3) is 0 Å². The summed E-state index contributed by atoms with van der Waals surface area (Å²) < 4.78 is 5.16. The second-order valence-corrected chi connectivity index (χ2v) is 3.89. The molecule has 4 bridgehead atoms. The Balaban J connectivity index is 2.14. The average molecular weight is 186 g/mol. The van der Waals surface area contributed by atoms with Crippen LogP contribution in [0.15, 0.2) is 11.8 Å². The highest BCUT2D eigenvalue weighted by molar-refractivity contribution is 5.38. The van der Waals surface area contributed by atoms with Gasteiger partial charge in [0.1, 0.15) is 24.1 Å². The third-order valence-corrected chi connectivity index (χ3v) is 3.32. The van der Waals surface area contributed by atoms with Crippen LogP contribution in [0.4, 0.5) is 0 Å². The van der Waals surface area contributed by atoms with E-state index in [9.17, 15) is 20.4 Å². The summed E-state index contributed by atoms with van der Waals surface area (Å²) in [5, 5.41) is 38.4. The Kier molecular flexibility index (Phi) is 1.14. The highest BCUT2D eigenvalue weighted by atomic mass is 16.6. The van der Waals surface area contributed by atoms with E-state index in [1.807, 2.05) is 0 Å². The summed E-state index contributed by atoms with van der Waals surface area (Å²) in [4.78, 5) is 0. The molecule has 5 nitrogen and oxygen atoms in total. The molecular formula is C8H10O5. The molecule has 2 aliphatic carbocycles. The van der Waals surface area contributed by atoms with E-state index in [1.54, 1.807) is 0 Å². The SMILES string of the molecule is OC1C=C2OC3C(O)C(O)C2(O)C13. The molecule has 0 aromatic rings. The molecule has 72 valence electrons. The van der Waals surface area contributed by atoms with Crippen molar-refractivity contribution in [3.8, 4) is 0 Å². The van der Waals surface area contributed by atoms with Gasteiger partial charge in [0.15, 0.2) is 5.60 Å². The minimum absolute atomic E-state index is 0.202. The molecule has 1 saturated carbocycles. The average Bonchev–Trinajstić information content (AvgIpc) is 2.56. The van der Waals surface area contributed by atoms with Crippen molar-refractivity contribution >= 4 is 0 Å². The molecule has 1 aliphatic heterocycles. The zero-order chi connectivity index (χ0) is 9.38. The van der Waals surface area contributed by atoms with Crippen LogP contribution >= 0.6 is 0 Å². The number of hydrogen-bond acceptors (Lipinski definition) is 5. The molecular weight excluding hydrogens is 176 g/mol. The molecule has 4 N–H and O–H groups in total. The van der Waals surface area contributed by atoms with Crippen molar-refractivity contribution in [2.45, 2.75) is 30.0 Å². The molecule has 5 heteroatoms. The molecule has 2 fully saturated rings. The van der Waals surface area contributed by atoms with Crippen LogP contribution in [0.1, 0.15) is 0 Å². The topological polar surface area (TPSA) is 90.2 Å². The Morgan fingerprint density at radius 1 is 1.31 bits per heavy atom. The van der Waals surface area contributed by atoms with Crippen LogP contribution in [0.2, 0.25) is 0 Å². The standard InChI is InChI=1S/C8H10O5/c9-2-1-3-8(12)4(2)6(13-3)5(10)7(8)11/h1-2,4-7,9-12H. The molecule has 0 spiro atoms. The Labute approximate surface area is 73.9 Å². The number of aliphatic hydroxyl groups excluding tert-OH is 3. The van der Waals surface area contributed by atoms with Crippen molar-refractivity contribution < 1.29 is 25.2 Å². The second-order valence-electron chi connectivity index (χ2n) is 3.89. The van der Waals surface area contributed by atoms with E-state index in [0.717, 1.165) is 0 Å². The molecule has 0 amide bonds. The zero-order valence-electron chi connectivity index (χ0n) is 6.66. The minimum Gasteiger partial charge on any atom is -0.488 e. The van der Waals surface area contributed by atoms with Gasteiger partial charge in [-0.15, -0.1) is 0 Å². The maximum atomic E-state index is 9.99. The van der Waals surface area contributed by atoms with Crippen molar-refractivity contribution in [3.05, 3.63) is 11.8 Å². The van der Waals surface area contributed by atoms with E-state index < -0.39 is 35.9 Å². The quantitative estimate of drug-likeness (QED) is 0.342. The van der Waals surface area contributed by atoms with Gasteiger partial charge in [0.25, 0.3) is 0 Å². The Morgan fingerprint density at radius 2 is 2.00 bits per heavy atom. The van der Waals surface area contributed by atoms with Crippen LogP contribution in [0, 0.1) is 5.92 Å². The molecule has 6 atom stereocenters. The summed E-state index contributed by atoms with van der Waals surface area (Å²) in [6, 6.07) is 0. The maximum Gasteiger partial charge on any atom is 0.159 e. The summed E-state index contributed by atoms with van der Waals surface area (Å²) in [6.45, 7) is 0. The van der Waals surface area contributed by atoms with E-state index in [-0.39, 0.29) is 5.76 Å². The van der Waals surface area contributed by atoms with Crippen molar-refractivity contribution in [1.29, 1.82) is 0 Å². The molecule has 3 aliphatic rings. The minimum atomic E-state index is -1.57. The van der Waals surface area contributed by atoms with Crippen LogP contribution in [0.5, 0.6) is 0 Å². The predicted octanol–water partition coefficient (Wildman–Crippen LogP) is -2.27. The number of rotatable bonds is 0. The second kappa shape index (κ2) is 1.90. The Bertz CT molecular complexity index is 301. The maximum absolute atomic E-state index is 9.99. The van der Waals surface area contributed by atoms with Crippen LogP contribution in [-0.2, 0) is 4.74 Å². The van der Waals surface area contributed by atoms with Gasteiger partial charge in [0.05, 0.1) is 12.0 Å². The fraction of sp³-hybridized carbons (Fsp3) is 0.750. The van der Waals surface area contributed by atoms with Crippen LogP contribution < -0.4 is 0 Å². The van der Waals surface area contributed by atoms with E-state index in [4.69, 9.17) is 4.74 Å². The molecule has 0 radical (unpaired) electrons. The Hall–Kier alpha value is -0.620. The number of hydrogen-bond donors (Lipinski definition) is 4. The monoisotopic (exact) mass is 186 g/mol. The third-order valence-electron chi connectivity index (χ3n) is 3.32. The summed E-state index contributed by atoms with van der Waals surface area (Å²) in [7, 11) is 0. The molecule has 0 aromatic carbocycles. The van der Waals surface area contributed by atoms with E-state index in [1.165, 1.54) is 6.08 Å². The van der Waals surface area contributed by atoms with E-state index >= 15 is 0 Å². The summed E-state index contributed by atoms with van der Waals surface area (Å²) in [5.74, 6) is -0.416. The lowest BCUT2D eigenvalue weighted by Gasteiger charge is -2.30. The van der Waals surface area contributed by atoms with Gasteiger partial charge in [-0.05, 0) is 6.08 Å². The fourth-order valence-corrected chi connectivity index (χ4v) is 2.68. The van der Waals surface area contributed by atoms with E-state index in [2.05, 4.69) is 0 Å². The van der Waals surface area contributed by atoms with Crippen molar-refractivity contribution in [3.63, 3.8) is 0 Å². The smallest absolute Gasteiger partial charge is 0.159 e. The van der Waals surface area contributed by atoms with Gasteiger partial charge in [-0.2, -0.15) is 0 Å². The van der Waals surface area contributed by atoms with Gasteiger partial charge >= 0.3 is 0 Å². The van der Waals surface area contributed by atoms with Crippen LogP contribution in [0.3, 0.4) is 0 Å². The molecule has 0 aromatic heterocycles. The molecule has 6 unspecified atom stereocenters. The predicted molar refractivity (Wildman–Crippen MR) is 39.4 cm³/mol. The van der Waals surface area contributed by atoms with Gasteiger partial charge in [-0.25, -0.2) is 0 Å². The van der Waals surface area contributed by atoms with Gasteiger partial charge in [-0.1, -0.05) is 0 Å². The van der Waals surface area contributed by atoms with Crippen molar-refractivity contribution in [1.82, 2.24) is 0 Å². The zero-order valence-corrected chi connectivity index (χ0v) is 6.66. The first-order valence-electron chi connectivity index (χ1n) is 4.22. The summed E-state index contributed by atoms with van der Waals surface area (Å²) in [6.07, 6.45) is -2.47. The number of aliphatic hydroxyl groups is 4. The molecule has 1 heterocycles. The first-order chi connectivity index (χ1) is 6.06. The van der Waals surface area contributed by atoms with Crippen molar-refractivity contribution in [2.75, 3.05) is 0 Å². The van der Waals surface area contributed by atoms with Gasteiger partial charge in [0.2, 0.25) is 0 Å². The van der Waals surface area contributed by atoms with Crippen LogP contribution in [-0.4, -0.2) is 50.4 Å². The first-order valence-corrected chi connectivity index (χ1v) is 4.22. The molecule has 3 rings (SSSR count). The summed E-state index contributed by atoms with van der Waals surface area (Å²) in [5.41, 5.74) is -1.57. The van der Waals surface area contributed by atoms with Gasteiger partial charge in [0, 0.05) is 0 Å². The fourth-order valence-electron chi connectivity index (χ4n) is 2.68. The lowest BCUT2D eigenvalue weighted by molar-refractivity contribution is -0.123. The lowest BCUT2D eigenvalue weighted by Crippen LogP contribution is -2.47. The number of ether oxygens (including phenoxy) is 1. The summed E-state index contributed by atoms with van der Waals surface area (Å²) >= 11 is 0. The van der Waals surface area contributed by atoms with Gasteiger partial charge < -0.3 is 25.2 Å². The van der Waals surface area contributed by atoms with E-state index in [0.29, 0.717) is 0 Å². The van der Waals surface area contributed by atoms with Crippen molar-refractivity contribution in [2.24, 2.45) is 5.92 Å². The Morgan fingerprint density at radius 3 is 2.54 bits per heavy atom. The first kappa shape index (κ1) is 7.75. The molecule has 1 saturated heterocycles. The lowest BCUT2D eigenvalue weighted by atomic mass is 9.92. The molecule has 13 heavy (non-hydrogen) atoms. The normalized spacial score (nSPS) is 62.5. The highest BCUT2D eigenvalue weighted by Gasteiger charge is 2.73. The highest BCUT2D eigenvalue weighted by Crippen LogP contribution is 2.56. The largest absolute Gasteiger partial charge is 0.488 e. The third kappa shape index (κ3) is 0.585. The van der Waals surface area contributed by atoms with Gasteiger partial charge in [-0.3, -0.25) is 0 Å².